The smallest absolute Gasteiger partial charge is 0.340 e. The van der Waals surface area contributed by atoms with E-state index in [4.69, 9.17) is 9.47 Å². The van der Waals surface area contributed by atoms with E-state index >= 15 is 0 Å². The summed E-state index contributed by atoms with van der Waals surface area (Å²) in [4.78, 5) is 25.5. The summed E-state index contributed by atoms with van der Waals surface area (Å²) in [5.74, 6) is 0.0533. The van der Waals surface area contributed by atoms with Crippen LogP contribution in [0.25, 0.3) is 0 Å². The quantitative estimate of drug-likeness (QED) is 0.684. The molecule has 146 valence electrons. The minimum atomic E-state index is -1.21. The van der Waals surface area contributed by atoms with Crippen molar-refractivity contribution in [2.24, 2.45) is 5.92 Å². The molecule has 0 radical (unpaired) electrons. The zero-order chi connectivity index (χ0) is 20.7. The number of benzene rings is 2. The Hall–Kier alpha value is -3.34. The summed E-state index contributed by atoms with van der Waals surface area (Å²) in [6.07, 6.45) is 1.77. The van der Waals surface area contributed by atoms with Gasteiger partial charge in [0.2, 0.25) is 0 Å². The number of aryl methyl sites for hydroxylation is 1. The third kappa shape index (κ3) is 2.05. The highest BCUT2D eigenvalue weighted by molar-refractivity contribution is 6.02. The van der Waals surface area contributed by atoms with Crippen LogP contribution in [0.3, 0.4) is 0 Å². The number of carbonyl (C=O) groups excluding carboxylic acids is 2. The zero-order valence-electron chi connectivity index (χ0n) is 16.6. The van der Waals surface area contributed by atoms with Gasteiger partial charge in [0.15, 0.2) is 11.4 Å². The molecule has 3 aliphatic rings. The Kier molecular flexibility index (Phi) is 3.42. The van der Waals surface area contributed by atoms with Crippen molar-refractivity contribution in [3.8, 4) is 11.5 Å². The first-order valence-electron chi connectivity index (χ1n) is 9.59. The molecule has 0 saturated carbocycles. The van der Waals surface area contributed by atoms with Crippen molar-refractivity contribution < 1.29 is 24.2 Å². The number of ketones is 1. The standard InChI is InChI=1S/C24H20O5/c1-11-9-17-21(13(3)19(11)25)28-22-14(4)20(26)12(2)10-18(22)24(17)16-8-6-5-7-15(16)23(27)29-24/h5-10,13,26H,1-4H3. The van der Waals surface area contributed by atoms with E-state index in [1.54, 1.807) is 52.0 Å². The Labute approximate surface area is 168 Å². The Morgan fingerprint density at radius 3 is 2.55 bits per heavy atom. The number of allylic oxidation sites excluding steroid dienone is 2. The van der Waals surface area contributed by atoms with Gasteiger partial charge < -0.3 is 14.6 Å². The first-order valence-corrected chi connectivity index (χ1v) is 9.59. The van der Waals surface area contributed by atoms with Crippen molar-refractivity contribution in [3.63, 3.8) is 0 Å². The molecule has 5 rings (SSSR count). The maximum atomic E-state index is 12.9. The van der Waals surface area contributed by atoms with E-state index < -0.39 is 17.5 Å². The van der Waals surface area contributed by atoms with Crippen LogP contribution in [0, 0.1) is 19.8 Å². The molecule has 2 unspecified atom stereocenters. The molecule has 2 aliphatic heterocycles. The van der Waals surface area contributed by atoms with E-state index in [0.717, 1.165) is 5.56 Å². The molecule has 1 N–H and O–H groups in total. The maximum Gasteiger partial charge on any atom is 0.340 e. The number of carbonyl (C=O) groups is 2. The Balaban J connectivity index is 1.95. The Bertz CT molecular complexity index is 1200. The normalized spacial score (nSPS) is 24.6. The van der Waals surface area contributed by atoms with E-state index in [1.807, 2.05) is 12.1 Å². The topological polar surface area (TPSA) is 72.8 Å². The third-order valence-electron chi connectivity index (χ3n) is 6.22. The van der Waals surface area contributed by atoms with E-state index in [2.05, 4.69) is 0 Å². The number of hydrogen-bond acceptors (Lipinski definition) is 5. The van der Waals surface area contributed by atoms with Gasteiger partial charge in [-0.2, -0.15) is 0 Å². The summed E-state index contributed by atoms with van der Waals surface area (Å²) in [6.45, 7) is 7.12. The summed E-state index contributed by atoms with van der Waals surface area (Å²) >= 11 is 0. The van der Waals surface area contributed by atoms with Crippen LogP contribution in [0.15, 0.2) is 53.3 Å². The lowest BCUT2D eigenvalue weighted by molar-refractivity contribution is -0.118. The summed E-state index contributed by atoms with van der Waals surface area (Å²) in [5.41, 5.74) is 3.13. The van der Waals surface area contributed by atoms with Gasteiger partial charge in [-0.15, -0.1) is 0 Å². The number of esters is 1. The fourth-order valence-electron chi connectivity index (χ4n) is 4.69. The van der Waals surface area contributed by atoms with E-state index in [-0.39, 0.29) is 11.5 Å². The lowest BCUT2D eigenvalue weighted by atomic mass is 9.72. The fraction of sp³-hybridized carbons (Fsp3) is 0.250. The molecule has 2 aromatic rings. The number of fused-ring (bicyclic) bond motifs is 5. The molecule has 0 fully saturated rings. The monoisotopic (exact) mass is 388 g/mol. The van der Waals surface area contributed by atoms with Gasteiger partial charge >= 0.3 is 5.97 Å². The van der Waals surface area contributed by atoms with E-state index in [9.17, 15) is 14.7 Å². The molecular formula is C24H20O5. The minimum absolute atomic E-state index is 0.0334. The lowest BCUT2D eigenvalue weighted by Crippen LogP contribution is -2.39. The number of hydrogen-bond donors (Lipinski definition) is 1. The molecule has 2 atom stereocenters. The predicted molar refractivity (Wildman–Crippen MR) is 106 cm³/mol. The van der Waals surface area contributed by atoms with Crippen LogP contribution in [-0.4, -0.2) is 16.9 Å². The number of ether oxygens (including phenoxy) is 2. The SMILES string of the molecule is CC1=CC2=C(Oc3c(cc(C)c(O)c3C)C23OC(=O)c2ccccc23)C(C)C1=O. The first kappa shape index (κ1) is 17.7. The zero-order valence-corrected chi connectivity index (χ0v) is 16.6. The number of rotatable bonds is 0. The molecule has 1 aliphatic carbocycles. The third-order valence-corrected chi connectivity index (χ3v) is 6.22. The van der Waals surface area contributed by atoms with Gasteiger partial charge in [0.05, 0.1) is 11.5 Å². The molecule has 0 saturated heterocycles. The fourth-order valence-corrected chi connectivity index (χ4v) is 4.69. The Morgan fingerprint density at radius 1 is 1.07 bits per heavy atom. The second-order valence-electron chi connectivity index (χ2n) is 7.95. The molecule has 29 heavy (non-hydrogen) atoms. The van der Waals surface area contributed by atoms with Gasteiger partial charge in [-0.1, -0.05) is 18.2 Å². The molecule has 5 heteroatoms. The van der Waals surface area contributed by atoms with Crippen LogP contribution in [0.2, 0.25) is 0 Å². The largest absolute Gasteiger partial charge is 0.507 e. The molecule has 1 spiro atoms. The number of phenols is 1. The number of aromatic hydroxyl groups is 1. The molecule has 0 amide bonds. The summed E-state index contributed by atoms with van der Waals surface area (Å²) in [7, 11) is 0. The van der Waals surface area contributed by atoms with Crippen molar-refractivity contribution in [1.82, 2.24) is 0 Å². The van der Waals surface area contributed by atoms with Crippen LogP contribution < -0.4 is 4.74 Å². The van der Waals surface area contributed by atoms with Crippen LogP contribution in [0.4, 0.5) is 0 Å². The summed E-state index contributed by atoms with van der Waals surface area (Å²) < 4.78 is 12.4. The second-order valence-corrected chi connectivity index (χ2v) is 7.95. The Morgan fingerprint density at radius 2 is 1.79 bits per heavy atom. The number of phenolic OH excluding ortho intramolecular Hbond substituents is 1. The van der Waals surface area contributed by atoms with Crippen molar-refractivity contribution >= 4 is 11.8 Å². The first-order chi connectivity index (χ1) is 13.8. The average Bonchev–Trinajstić information content (AvgIpc) is 3.00. The van der Waals surface area contributed by atoms with Crippen LogP contribution in [0.5, 0.6) is 11.5 Å². The van der Waals surface area contributed by atoms with Gasteiger partial charge in [0, 0.05) is 22.3 Å². The van der Waals surface area contributed by atoms with Gasteiger partial charge in [-0.25, -0.2) is 4.79 Å². The molecule has 2 aromatic carbocycles. The highest BCUT2D eigenvalue weighted by Gasteiger charge is 2.56. The van der Waals surface area contributed by atoms with Crippen molar-refractivity contribution in [3.05, 3.63) is 81.1 Å². The van der Waals surface area contributed by atoms with Crippen molar-refractivity contribution in [1.29, 1.82) is 0 Å². The van der Waals surface area contributed by atoms with Crippen LogP contribution in [0.1, 0.15) is 46.5 Å². The molecule has 0 bridgehead atoms. The molecule has 0 aromatic heterocycles. The van der Waals surface area contributed by atoms with Crippen molar-refractivity contribution in [2.75, 3.05) is 0 Å². The molecule has 2 heterocycles. The van der Waals surface area contributed by atoms with Gasteiger partial charge in [0.25, 0.3) is 0 Å². The van der Waals surface area contributed by atoms with E-state index in [1.165, 1.54) is 0 Å². The summed E-state index contributed by atoms with van der Waals surface area (Å²) in [6, 6.07) is 9.10. The van der Waals surface area contributed by atoms with Crippen LogP contribution >= 0.6 is 0 Å². The molecular weight excluding hydrogens is 368 g/mol. The number of Topliss-reactive ketones (excluding diaryl/α,β-unsaturated/α-hetero) is 1. The predicted octanol–water partition coefficient (Wildman–Crippen LogP) is 4.23. The van der Waals surface area contributed by atoms with E-state index in [0.29, 0.717) is 44.9 Å². The van der Waals surface area contributed by atoms with Crippen molar-refractivity contribution in [2.45, 2.75) is 33.3 Å². The lowest BCUT2D eigenvalue weighted by Gasteiger charge is -2.41. The second kappa shape index (κ2) is 5.60. The molecule has 5 nitrogen and oxygen atoms in total. The maximum absolute atomic E-state index is 12.9. The minimum Gasteiger partial charge on any atom is -0.507 e. The van der Waals surface area contributed by atoms with Gasteiger partial charge in [-0.05, 0) is 57.0 Å². The highest BCUT2D eigenvalue weighted by Crippen LogP contribution is 2.57. The van der Waals surface area contributed by atoms with Gasteiger partial charge in [-0.3, -0.25) is 4.79 Å². The highest BCUT2D eigenvalue weighted by atomic mass is 16.6. The summed E-state index contributed by atoms with van der Waals surface area (Å²) in [5, 5.41) is 10.5. The average molecular weight is 388 g/mol. The van der Waals surface area contributed by atoms with Gasteiger partial charge in [0.1, 0.15) is 17.3 Å². The van der Waals surface area contributed by atoms with Crippen LogP contribution in [-0.2, 0) is 15.1 Å².